The number of nitrogens with zero attached hydrogens (tertiary/aromatic N) is 2. The number of phenols is 1. The van der Waals surface area contributed by atoms with Crippen molar-refractivity contribution >= 4 is 29.4 Å². The molecule has 0 amide bonds. The molecule has 0 bridgehead atoms. The number of carbonyl (C=O) groups is 1. The predicted octanol–water partition coefficient (Wildman–Crippen LogP) is 5.92. The van der Waals surface area contributed by atoms with Crippen molar-refractivity contribution in [3.63, 3.8) is 0 Å². The normalized spacial score (nSPS) is 11.1. The SMILES string of the molecule is CCN(CC)c1ccc(C=Nc2cc(C(=O)/C=C/c3cc(OC)c(OC)c(OC)c3)ccc2OC)c(O)c1. The van der Waals surface area contributed by atoms with E-state index in [1.165, 1.54) is 34.5 Å². The van der Waals surface area contributed by atoms with E-state index in [-0.39, 0.29) is 11.5 Å². The molecule has 0 aliphatic heterocycles. The van der Waals surface area contributed by atoms with E-state index in [1.54, 1.807) is 48.7 Å². The molecule has 3 aromatic rings. The Morgan fingerprint density at radius 1 is 0.868 bits per heavy atom. The zero-order valence-corrected chi connectivity index (χ0v) is 22.6. The van der Waals surface area contributed by atoms with Crippen LogP contribution in [-0.2, 0) is 0 Å². The van der Waals surface area contributed by atoms with E-state index in [1.807, 2.05) is 12.1 Å². The first-order chi connectivity index (χ1) is 18.4. The predicted molar refractivity (Wildman–Crippen MR) is 151 cm³/mol. The molecule has 0 atom stereocenters. The molecule has 0 saturated heterocycles. The number of anilines is 1. The Hall–Kier alpha value is -4.46. The van der Waals surface area contributed by atoms with Gasteiger partial charge in [-0.2, -0.15) is 0 Å². The largest absolute Gasteiger partial charge is 0.507 e. The molecular weight excluding hydrogens is 484 g/mol. The molecule has 0 aliphatic carbocycles. The molecule has 8 heteroatoms. The third-order valence-corrected chi connectivity index (χ3v) is 6.06. The molecule has 1 N–H and O–H groups in total. The fourth-order valence-corrected chi connectivity index (χ4v) is 3.98. The first kappa shape index (κ1) is 28.1. The van der Waals surface area contributed by atoms with Gasteiger partial charge < -0.3 is 29.0 Å². The number of carbonyl (C=O) groups excluding carboxylic acids is 1. The van der Waals surface area contributed by atoms with E-state index < -0.39 is 0 Å². The number of aliphatic imine (C=N–C) groups is 1. The third kappa shape index (κ3) is 6.45. The van der Waals surface area contributed by atoms with Crippen molar-refractivity contribution < 1.29 is 28.8 Å². The van der Waals surface area contributed by atoms with Crippen molar-refractivity contribution in [1.82, 2.24) is 0 Å². The standard InChI is InChI=1S/C30H34N2O6/c1-7-32(8-2)23-12-10-22(26(34)18-23)19-31-24-17-21(11-14-27(24)35-3)25(33)13-9-20-15-28(36-4)30(38-6)29(16-20)37-5/h9-19,34H,7-8H2,1-6H3/b13-9+,31-19?. The van der Waals surface area contributed by atoms with Gasteiger partial charge in [-0.15, -0.1) is 0 Å². The van der Waals surface area contributed by atoms with Gasteiger partial charge in [0.1, 0.15) is 17.2 Å². The summed E-state index contributed by atoms with van der Waals surface area (Å²) in [5, 5.41) is 10.5. The lowest BCUT2D eigenvalue weighted by molar-refractivity contribution is 0.104. The van der Waals surface area contributed by atoms with E-state index in [4.69, 9.17) is 18.9 Å². The van der Waals surface area contributed by atoms with Crippen LogP contribution in [0.2, 0.25) is 0 Å². The number of ether oxygens (including phenoxy) is 4. The second kappa shape index (κ2) is 13.2. The zero-order chi connectivity index (χ0) is 27.7. The van der Waals surface area contributed by atoms with Crippen LogP contribution in [-0.4, -0.2) is 58.6 Å². The van der Waals surface area contributed by atoms with Gasteiger partial charge in [0.25, 0.3) is 0 Å². The van der Waals surface area contributed by atoms with Crippen molar-refractivity contribution in [2.45, 2.75) is 13.8 Å². The van der Waals surface area contributed by atoms with E-state index in [9.17, 15) is 9.90 Å². The van der Waals surface area contributed by atoms with Gasteiger partial charge in [-0.25, -0.2) is 0 Å². The van der Waals surface area contributed by atoms with Crippen molar-refractivity contribution in [3.8, 4) is 28.7 Å². The summed E-state index contributed by atoms with van der Waals surface area (Å²) in [6, 6.07) is 14.0. The molecule has 38 heavy (non-hydrogen) atoms. The minimum Gasteiger partial charge on any atom is -0.507 e. The zero-order valence-electron chi connectivity index (χ0n) is 22.6. The molecule has 0 aliphatic rings. The Bertz CT molecular complexity index is 1300. The third-order valence-electron chi connectivity index (χ3n) is 6.06. The van der Waals surface area contributed by atoms with E-state index >= 15 is 0 Å². The molecule has 0 aromatic heterocycles. The molecule has 0 radical (unpaired) electrons. The molecule has 0 spiro atoms. The molecule has 0 saturated carbocycles. The smallest absolute Gasteiger partial charge is 0.203 e. The van der Waals surface area contributed by atoms with Crippen molar-refractivity contribution in [1.29, 1.82) is 0 Å². The van der Waals surface area contributed by atoms with Crippen LogP contribution >= 0.6 is 0 Å². The molecule has 0 fully saturated rings. The monoisotopic (exact) mass is 518 g/mol. The minimum atomic E-state index is -0.218. The van der Waals surface area contributed by atoms with Gasteiger partial charge in [0, 0.05) is 42.2 Å². The second-order valence-corrected chi connectivity index (χ2v) is 8.22. The van der Waals surface area contributed by atoms with Gasteiger partial charge in [-0.3, -0.25) is 9.79 Å². The van der Waals surface area contributed by atoms with Crippen LogP contribution in [0.15, 0.2) is 59.6 Å². The maximum absolute atomic E-state index is 13.0. The van der Waals surface area contributed by atoms with Crippen molar-refractivity contribution in [2.75, 3.05) is 46.4 Å². The number of benzene rings is 3. The summed E-state index contributed by atoms with van der Waals surface area (Å²) in [5.41, 5.74) is 3.11. The highest BCUT2D eigenvalue weighted by Crippen LogP contribution is 2.38. The van der Waals surface area contributed by atoms with Crippen LogP contribution in [0.25, 0.3) is 6.08 Å². The number of aromatic hydroxyl groups is 1. The first-order valence-electron chi connectivity index (χ1n) is 12.2. The Labute approximate surface area is 223 Å². The summed E-state index contributed by atoms with van der Waals surface area (Å²) >= 11 is 0. The van der Waals surface area contributed by atoms with Crippen molar-refractivity contribution in [3.05, 3.63) is 71.3 Å². The number of ketones is 1. The molecule has 3 aromatic carbocycles. The summed E-state index contributed by atoms with van der Waals surface area (Å²) in [6.07, 6.45) is 4.70. The van der Waals surface area contributed by atoms with Gasteiger partial charge in [-0.05, 0) is 68.0 Å². The average Bonchev–Trinajstić information content (AvgIpc) is 2.95. The van der Waals surface area contributed by atoms with E-state index in [2.05, 4.69) is 23.7 Å². The molecule has 3 rings (SSSR count). The highest BCUT2D eigenvalue weighted by molar-refractivity contribution is 6.07. The molecule has 0 heterocycles. The summed E-state index contributed by atoms with van der Waals surface area (Å²) in [4.78, 5) is 19.6. The topological polar surface area (TPSA) is 89.8 Å². The lowest BCUT2D eigenvalue weighted by Gasteiger charge is -2.21. The minimum absolute atomic E-state index is 0.123. The van der Waals surface area contributed by atoms with Crippen LogP contribution in [0.1, 0.15) is 35.3 Å². The number of allylic oxidation sites excluding steroid dienone is 1. The Kier molecular flexibility index (Phi) is 9.76. The Morgan fingerprint density at radius 3 is 2.08 bits per heavy atom. The average molecular weight is 519 g/mol. The van der Waals surface area contributed by atoms with Crippen LogP contribution in [0.5, 0.6) is 28.7 Å². The molecule has 200 valence electrons. The number of methoxy groups -OCH3 is 4. The van der Waals surface area contributed by atoms with Crippen LogP contribution < -0.4 is 23.8 Å². The van der Waals surface area contributed by atoms with Gasteiger partial charge in [0.15, 0.2) is 17.3 Å². The van der Waals surface area contributed by atoms with Crippen molar-refractivity contribution in [2.24, 2.45) is 4.99 Å². The lowest BCUT2D eigenvalue weighted by Crippen LogP contribution is -2.21. The Balaban J connectivity index is 1.86. The first-order valence-corrected chi connectivity index (χ1v) is 12.2. The fraction of sp³-hybridized carbons (Fsp3) is 0.267. The summed E-state index contributed by atoms with van der Waals surface area (Å²) < 4.78 is 21.5. The van der Waals surface area contributed by atoms with E-state index in [0.717, 1.165) is 18.8 Å². The van der Waals surface area contributed by atoms with Gasteiger partial charge in [0.2, 0.25) is 5.75 Å². The van der Waals surface area contributed by atoms with Crippen LogP contribution in [0.3, 0.4) is 0 Å². The maximum atomic E-state index is 13.0. The number of rotatable bonds is 12. The van der Waals surface area contributed by atoms with Crippen LogP contribution in [0, 0.1) is 0 Å². The van der Waals surface area contributed by atoms with Crippen LogP contribution in [0.4, 0.5) is 11.4 Å². The summed E-state index contributed by atoms with van der Waals surface area (Å²) in [7, 11) is 6.14. The molecular formula is C30H34N2O6. The highest BCUT2D eigenvalue weighted by atomic mass is 16.5. The number of hydrogen-bond acceptors (Lipinski definition) is 8. The number of hydrogen-bond donors (Lipinski definition) is 1. The van der Waals surface area contributed by atoms with Gasteiger partial charge >= 0.3 is 0 Å². The van der Waals surface area contributed by atoms with Gasteiger partial charge in [-0.1, -0.05) is 6.08 Å². The summed E-state index contributed by atoms with van der Waals surface area (Å²) in [6.45, 7) is 5.82. The molecule has 0 unspecified atom stereocenters. The molecule has 8 nitrogen and oxygen atoms in total. The second-order valence-electron chi connectivity index (χ2n) is 8.22. The van der Waals surface area contributed by atoms with Gasteiger partial charge in [0.05, 0.1) is 28.4 Å². The maximum Gasteiger partial charge on any atom is 0.203 e. The summed E-state index contributed by atoms with van der Waals surface area (Å²) in [5.74, 6) is 1.87. The number of phenolic OH excluding ortho intramolecular Hbond substituents is 1. The Morgan fingerprint density at radius 2 is 1.53 bits per heavy atom. The fourth-order valence-electron chi connectivity index (χ4n) is 3.98. The quantitative estimate of drug-likeness (QED) is 0.181. The lowest BCUT2D eigenvalue weighted by atomic mass is 10.1. The van der Waals surface area contributed by atoms with E-state index in [0.29, 0.717) is 45.4 Å². The highest BCUT2D eigenvalue weighted by Gasteiger charge is 2.13.